The van der Waals surface area contributed by atoms with Crippen LogP contribution in [0.2, 0.25) is 0 Å². The van der Waals surface area contributed by atoms with Gasteiger partial charge in [0.2, 0.25) is 0 Å². The molecule has 0 saturated carbocycles. The molecule has 23 heavy (non-hydrogen) atoms. The molecule has 0 saturated heterocycles. The summed E-state index contributed by atoms with van der Waals surface area (Å²) in [7, 11) is 0. The molecular formula is C16H17N3O3S. The third-order valence-electron chi connectivity index (χ3n) is 3.26. The summed E-state index contributed by atoms with van der Waals surface area (Å²) in [6, 6.07) is 10.0. The quantitative estimate of drug-likeness (QED) is 0.578. The molecule has 1 amide bonds. The second kappa shape index (κ2) is 7.36. The molecule has 0 aliphatic rings. The molecule has 2 aromatic heterocycles. The second-order valence-corrected chi connectivity index (χ2v) is 5.76. The summed E-state index contributed by atoms with van der Waals surface area (Å²) >= 11 is 1.43. The van der Waals surface area contributed by atoms with Crippen LogP contribution in [0.4, 0.5) is 0 Å². The Balaban J connectivity index is 1.64. The first-order valence-electron chi connectivity index (χ1n) is 7.28. The van der Waals surface area contributed by atoms with Crippen LogP contribution in [0.5, 0.6) is 0 Å². The fourth-order valence-electron chi connectivity index (χ4n) is 2.18. The van der Waals surface area contributed by atoms with Gasteiger partial charge in [-0.05, 0) is 12.1 Å². The number of benzene rings is 1. The maximum absolute atomic E-state index is 12.0. The molecule has 6 nitrogen and oxygen atoms in total. The first kappa shape index (κ1) is 15.7. The molecule has 2 heterocycles. The van der Waals surface area contributed by atoms with Gasteiger partial charge in [-0.15, -0.1) is 11.3 Å². The zero-order valence-corrected chi connectivity index (χ0v) is 13.2. The first-order valence-corrected chi connectivity index (χ1v) is 8.16. The molecule has 0 radical (unpaired) electrons. The van der Waals surface area contributed by atoms with Crippen molar-refractivity contribution < 1.29 is 14.6 Å². The summed E-state index contributed by atoms with van der Waals surface area (Å²) in [6.45, 7) is 1.01. The largest absolute Gasteiger partial charge is 0.394 e. The number of carbonyl (C=O) groups is 1. The number of amides is 1. The van der Waals surface area contributed by atoms with E-state index in [4.69, 9.17) is 9.84 Å². The Bertz CT molecular complexity index is 764. The monoisotopic (exact) mass is 331 g/mol. The molecule has 0 aliphatic carbocycles. The van der Waals surface area contributed by atoms with Gasteiger partial charge in [-0.25, -0.2) is 4.98 Å². The van der Waals surface area contributed by atoms with Gasteiger partial charge in [-0.3, -0.25) is 4.79 Å². The molecule has 0 unspecified atom stereocenters. The predicted octanol–water partition coefficient (Wildman–Crippen LogP) is 2.03. The number of hydrogen-bond donors (Lipinski definition) is 3. The molecule has 0 spiro atoms. The lowest BCUT2D eigenvalue weighted by molar-refractivity contribution is 0.0835. The predicted molar refractivity (Wildman–Crippen MR) is 89.6 cm³/mol. The molecule has 1 aromatic carbocycles. The van der Waals surface area contributed by atoms with Gasteiger partial charge >= 0.3 is 0 Å². The van der Waals surface area contributed by atoms with E-state index in [1.165, 1.54) is 11.3 Å². The molecule has 3 aromatic rings. The van der Waals surface area contributed by atoms with Crippen LogP contribution in [0.25, 0.3) is 21.6 Å². The Morgan fingerprint density at radius 3 is 3.04 bits per heavy atom. The summed E-state index contributed by atoms with van der Waals surface area (Å²) in [5.74, 6) is -0.226. The van der Waals surface area contributed by atoms with Gasteiger partial charge < -0.3 is 20.1 Å². The van der Waals surface area contributed by atoms with Crippen LogP contribution in [-0.2, 0) is 4.74 Å². The van der Waals surface area contributed by atoms with E-state index in [1.54, 1.807) is 5.38 Å². The molecule has 0 fully saturated rings. The molecule has 3 rings (SSSR count). The highest BCUT2D eigenvalue weighted by Gasteiger charge is 2.12. The number of aromatic amines is 1. The minimum absolute atomic E-state index is 0.0199. The summed E-state index contributed by atoms with van der Waals surface area (Å²) in [6.07, 6.45) is 0. The van der Waals surface area contributed by atoms with Crippen LogP contribution in [0.15, 0.2) is 35.7 Å². The average Bonchev–Trinajstić information content (AvgIpc) is 3.21. The van der Waals surface area contributed by atoms with Gasteiger partial charge in [0, 0.05) is 22.8 Å². The van der Waals surface area contributed by atoms with Gasteiger partial charge in [-0.1, -0.05) is 18.2 Å². The smallest absolute Gasteiger partial charge is 0.270 e. The van der Waals surface area contributed by atoms with Crippen molar-refractivity contribution in [2.24, 2.45) is 0 Å². The number of rotatable bonds is 7. The third kappa shape index (κ3) is 3.76. The van der Waals surface area contributed by atoms with Crippen molar-refractivity contribution in [1.29, 1.82) is 0 Å². The lowest BCUT2D eigenvalue weighted by atomic mass is 10.2. The van der Waals surface area contributed by atoms with E-state index in [1.807, 2.05) is 30.3 Å². The summed E-state index contributed by atoms with van der Waals surface area (Å²) < 4.78 is 5.09. The standard InChI is InChI=1S/C16H17N3O3S/c20-6-8-22-7-5-17-15(21)14-10-23-16(19-14)13-9-11-3-1-2-4-12(11)18-13/h1-4,9-10,18,20H,5-8H2,(H,17,21). The number of H-pyrrole nitrogens is 1. The van der Waals surface area contributed by atoms with E-state index < -0.39 is 0 Å². The van der Waals surface area contributed by atoms with Crippen molar-refractivity contribution in [3.63, 3.8) is 0 Å². The summed E-state index contributed by atoms with van der Waals surface area (Å²) in [4.78, 5) is 19.7. The van der Waals surface area contributed by atoms with Crippen molar-refractivity contribution >= 4 is 28.1 Å². The fraction of sp³-hybridized carbons (Fsp3) is 0.250. The maximum Gasteiger partial charge on any atom is 0.270 e. The molecule has 0 atom stereocenters. The number of aliphatic hydroxyl groups is 1. The van der Waals surface area contributed by atoms with Crippen LogP contribution in [0, 0.1) is 0 Å². The number of fused-ring (bicyclic) bond motifs is 1. The SMILES string of the molecule is O=C(NCCOCCO)c1csc(-c2cc3ccccc3[nH]2)n1. The molecular weight excluding hydrogens is 314 g/mol. The van der Waals surface area contributed by atoms with Crippen LogP contribution >= 0.6 is 11.3 Å². The zero-order valence-electron chi connectivity index (χ0n) is 12.4. The Hall–Kier alpha value is -2.22. The van der Waals surface area contributed by atoms with E-state index in [-0.39, 0.29) is 19.1 Å². The highest BCUT2D eigenvalue weighted by molar-refractivity contribution is 7.13. The Kier molecular flexibility index (Phi) is 5.02. The second-order valence-electron chi connectivity index (χ2n) is 4.90. The number of aromatic nitrogens is 2. The minimum atomic E-state index is -0.226. The maximum atomic E-state index is 12.0. The Morgan fingerprint density at radius 1 is 1.35 bits per heavy atom. The number of hydrogen-bond acceptors (Lipinski definition) is 5. The lowest BCUT2D eigenvalue weighted by Crippen LogP contribution is -2.27. The van der Waals surface area contributed by atoms with E-state index >= 15 is 0 Å². The molecule has 7 heteroatoms. The van der Waals surface area contributed by atoms with Crippen LogP contribution in [-0.4, -0.2) is 47.3 Å². The number of thiazole rings is 1. The summed E-state index contributed by atoms with van der Waals surface area (Å²) in [5, 5.41) is 15.0. The van der Waals surface area contributed by atoms with Gasteiger partial charge in [0.25, 0.3) is 5.91 Å². The Labute approximate surface area is 137 Å². The highest BCUT2D eigenvalue weighted by atomic mass is 32.1. The number of ether oxygens (including phenoxy) is 1. The van der Waals surface area contributed by atoms with E-state index in [0.717, 1.165) is 21.6 Å². The molecule has 120 valence electrons. The number of aliphatic hydroxyl groups excluding tert-OH is 1. The van der Waals surface area contributed by atoms with E-state index in [9.17, 15) is 4.79 Å². The van der Waals surface area contributed by atoms with Crippen molar-refractivity contribution in [2.75, 3.05) is 26.4 Å². The number of carbonyl (C=O) groups excluding carboxylic acids is 1. The van der Waals surface area contributed by atoms with Crippen molar-refractivity contribution in [1.82, 2.24) is 15.3 Å². The average molecular weight is 331 g/mol. The normalized spacial score (nSPS) is 11.0. The Morgan fingerprint density at radius 2 is 2.22 bits per heavy atom. The zero-order chi connectivity index (χ0) is 16.1. The van der Waals surface area contributed by atoms with Crippen LogP contribution in [0.3, 0.4) is 0 Å². The van der Waals surface area contributed by atoms with E-state index in [2.05, 4.69) is 15.3 Å². The third-order valence-corrected chi connectivity index (χ3v) is 4.14. The van der Waals surface area contributed by atoms with Crippen molar-refractivity contribution in [2.45, 2.75) is 0 Å². The molecule has 3 N–H and O–H groups in total. The fourth-order valence-corrected chi connectivity index (χ4v) is 2.96. The van der Waals surface area contributed by atoms with Crippen LogP contribution < -0.4 is 5.32 Å². The lowest BCUT2D eigenvalue weighted by Gasteiger charge is -2.03. The van der Waals surface area contributed by atoms with Gasteiger partial charge in [-0.2, -0.15) is 0 Å². The molecule has 0 aliphatic heterocycles. The van der Waals surface area contributed by atoms with Gasteiger partial charge in [0.1, 0.15) is 10.7 Å². The number of nitrogens with one attached hydrogen (secondary N) is 2. The topological polar surface area (TPSA) is 87.2 Å². The van der Waals surface area contributed by atoms with Crippen molar-refractivity contribution in [3.05, 3.63) is 41.4 Å². The molecule has 0 bridgehead atoms. The minimum Gasteiger partial charge on any atom is -0.394 e. The van der Waals surface area contributed by atoms with E-state index in [0.29, 0.717) is 18.8 Å². The number of nitrogens with zero attached hydrogens (tertiary/aromatic N) is 1. The van der Waals surface area contributed by atoms with Crippen LogP contribution in [0.1, 0.15) is 10.5 Å². The van der Waals surface area contributed by atoms with Crippen molar-refractivity contribution in [3.8, 4) is 10.7 Å². The first-order chi connectivity index (χ1) is 11.3. The number of para-hydroxylation sites is 1. The van der Waals surface area contributed by atoms with Gasteiger partial charge in [0.05, 0.1) is 25.5 Å². The summed E-state index contributed by atoms with van der Waals surface area (Å²) in [5.41, 5.74) is 2.34. The van der Waals surface area contributed by atoms with Gasteiger partial charge in [0.15, 0.2) is 0 Å². The highest BCUT2D eigenvalue weighted by Crippen LogP contribution is 2.26.